The molecule has 1 aromatic carbocycles. The van der Waals surface area contributed by atoms with E-state index in [1.807, 2.05) is 4.90 Å². The Morgan fingerprint density at radius 3 is 2.13 bits per heavy atom. The van der Waals surface area contributed by atoms with Crippen LogP contribution in [0.15, 0.2) is 12.1 Å². The van der Waals surface area contributed by atoms with E-state index in [0.29, 0.717) is 0 Å². The van der Waals surface area contributed by atoms with Crippen molar-refractivity contribution in [2.24, 2.45) is 0 Å². The molecule has 0 bridgehead atoms. The number of halogens is 1. The van der Waals surface area contributed by atoms with Crippen molar-refractivity contribution in [2.75, 3.05) is 33.9 Å². The van der Waals surface area contributed by atoms with Crippen LogP contribution in [0.2, 0.25) is 0 Å². The zero-order valence-corrected chi connectivity index (χ0v) is 14.6. The van der Waals surface area contributed by atoms with Gasteiger partial charge in [-0.25, -0.2) is 0 Å². The van der Waals surface area contributed by atoms with E-state index in [9.17, 15) is 4.79 Å². The molecule has 1 fully saturated rings. The van der Waals surface area contributed by atoms with E-state index in [0.717, 1.165) is 56.8 Å². The summed E-state index contributed by atoms with van der Waals surface area (Å²) in [4.78, 5) is 14.6. The van der Waals surface area contributed by atoms with Crippen LogP contribution in [0.3, 0.4) is 0 Å². The molecular formula is C17H25ClN2O3. The van der Waals surface area contributed by atoms with Gasteiger partial charge < -0.3 is 19.7 Å². The molecule has 1 N–H and O–H groups in total. The molecule has 2 aliphatic rings. The van der Waals surface area contributed by atoms with Gasteiger partial charge in [0.25, 0.3) is 0 Å². The van der Waals surface area contributed by atoms with Crippen molar-refractivity contribution in [2.45, 2.75) is 31.7 Å². The minimum absolute atomic E-state index is 0. The monoisotopic (exact) mass is 340 g/mol. The smallest absolute Gasteiger partial charge is 0.239 e. The van der Waals surface area contributed by atoms with Gasteiger partial charge in [0, 0.05) is 13.1 Å². The van der Waals surface area contributed by atoms with E-state index >= 15 is 0 Å². The third-order valence-corrected chi connectivity index (χ3v) is 4.68. The predicted octanol–water partition coefficient (Wildman–Crippen LogP) is 1.80. The number of benzene rings is 1. The van der Waals surface area contributed by atoms with Gasteiger partial charge in [-0.3, -0.25) is 4.79 Å². The number of methoxy groups -OCH3 is 2. The first-order valence-corrected chi connectivity index (χ1v) is 7.99. The highest BCUT2D eigenvalue weighted by Crippen LogP contribution is 2.32. The molecule has 1 atom stereocenters. The van der Waals surface area contributed by atoms with Crippen molar-refractivity contribution < 1.29 is 14.3 Å². The van der Waals surface area contributed by atoms with Crippen molar-refractivity contribution in [1.82, 2.24) is 10.2 Å². The van der Waals surface area contributed by atoms with Crippen molar-refractivity contribution in [1.29, 1.82) is 0 Å². The highest BCUT2D eigenvalue weighted by molar-refractivity contribution is 5.85. The number of hydrogen-bond donors (Lipinski definition) is 1. The number of nitrogens with one attached hydrogen (secondary N) is 1. The lowest BCUT2D eigenvalue weighted by molar-refractivity contribution is -0.132. The molecule has 6 heteroatoms. The van der Waals surface area contributed by atoms with Gasteiger partial charge in [-0.2, -0.15) is 0 Å². The lowest BCUT2D eigenvalue weighted by atomic mass is 10.0. The van der Waals surface area contributed by atoms with Gasteiger partial charge in [0.15, 0.2) is 11.5 Å². The Hall–Kier alpha value is -1.46. The molecule has 1 unspecified atom stereocenters. The number of rotatable bonds is 3. The molecular weight excluding hydrogens is 316 g/mol. The molecule has 23 heavy (non-hydrogen) atoms. The lowest BCUT2D eigenvalue weighted by Gasteiger charge is -2.23. The summed E-state index contributed by atoms with van der Waals surface area (Å²) >= 11 is 0. The van der Waals surface area contributed by atoms with Crippen molar-refractivity contribution in [3.63, 3.8) is 0 Å². The van der Waals surface area contributed by atoms with Gasteiger partial charge in [-0.05, 0) is 55.5 Å². The van der Waals surface area contributed by atoms with Crippen LogP contribution in [0.4, 0.5) is 0 Å². The Kier molecular flexibility index (Phi) is 6.13. The SMILES string of the molecule is COc1cc2c(cc1OC)CCN(C(=O)C1CCCN1)CC2.Cl. The molecule has 2 aliphatic heterocycles. The molecule has 0 spiro atoms. The van der Waals surface area contributed by atoms with Crippen LogP contribution in [-0.2, 0) is 17.6 Å². The fraction of sp³-hybridized carbons (Fsp3) is 0.588. The fourth-order valence-corrected chi connectivity index (χ4v) is 3.39. The lowest BCUT2D eigenvalue weighted by Crippen LogP contribution is -2.44. The summed E-state index contributed by atoms with van der Waals surface area (Å²) in [5.74, 6) is 1.78. The second kappa shape index (κ2) is 7.88. The quantitative estimate of drug-likeness (QED) is 0.911. The van der Waals surface area contributed by atoms with Crippen LogP contribution in [0, 0.1) is 0 Å². The standard InChI is InChI=1S/C17H24N2O3.ClH/c1-21-15-10-12-5-8-19(17(20)14-4-3-7-18-14)9-6-13(12)11-16(15)22-2;/h10-11,14,18H,3-9H2,1-2H3;1H. The average molecular weight is 341 g/mol. The number of amides is 1. The minimum atomic E-state index is 0. The predicted molar refractivity (Wildman–Crippen MR) is 91.8 cm³/mol. The fourth-order valence-electron chi connectivity index (χ4n) is 3.39. The van der Waals surface area contributed by atoms with Crippen molar-refractivity contribution >= 4 is 18.3 Å². The van der Waals surface area contributed by atoms with Crippen LogP contribution in [0.25, 0.3) is 0 Å². The number of carbonyl (C=O) groups is 1. The topological polar surface area (TPSA) is 50.8 Å². The number of ether oxygens (including phenoxy) is 2. The Morgan fingerprint density at radius 2 is 1.70 bits per heavy atom. The Balaban J connectivity index is 0.00000192. The second-order valence-electron chi connectivity index (χ2n) is 5.95. The third kappa shape index (κ3) is 3.72. The third-order valence-electron chi connectivity index (χ3n) is 4.68. The van der Waals surface area contributed by atoms with E-state index in [2.05, 4.69) is 17.4 Å². The second-order valence-corrected chi connectivity index (χ2v) is 5.95. The zero-order valence-electron chi connectivity index (χ0n) is 13.8. The largest absolute Gasteiger partial charge is 0.493 e. The average Bonchev–Trinajstić information content (AvgIpc) is 3.00. The molecule has 1 amide bonds. The van der Waals surface area contributed by atoms with Crippen molar-refractivity contribution in [3.8, 4) is 11.5 Å². The van der Waals surface area contributed by atoms with E-state index in [1.54, 1.807) is 14.2 Å². The molecule has 0 saturated carbocycles. The summed E-state index contributed by atoms with van der Waals surface area (Å²) in [7, 11) is 3.31. The summed E-state index contributed by atoms with van der Waals surface area (Å²) < 4.78 is 10.8. The first kappa shape index (κ1) is 17.9. The first-order valence-electron chi connectivity index (χ1n) is 7.99. The molecule has 2 heterocycles. The van der Waals surface area contributed by atoms with E-state index in [1.165, 1.54) is 11.1 Å². The van der Waals surface area contributed by atoms with Gasteiger partial charge in [0.05, 0.1) is 20.3 Å². The van der Waals surface area contributed by atoms with E-state index in [-0.39, 0.29) is 24.4 Å². The molecule has 0 aromatic heterocycles. The van der Waals surface area contributed by atoms with E-state index in [4.69, 9.17) is 9.47 Å². The Labute approximate surface area is 143 Å². The molecule has 128 valence electrons. The molecule has 1 aromatic rings. The summed E-state index contributed by atoms with van der Waals surface area (Å²) in [6, 6.07) is 4.12. The molecule has 3 rings (SSSR count). The van der Waals surface area contributed by atoms with Crippen LogP contribution < -0.4 is 14.8 Å². The van der Waals surface area contributed by atoms with Gasteiger partial charge in [0.2, 0.25) is 5.91 Å². The van der Waals surface area contributed by atoms with Crippen LogP contribution in [0.5, 0.6) is 11.5 Å². The van der Waals surface area contributed by atoms with Gasteiger partial charge in [-0.1, -0.05) is 0 Å². The van der Waals surface area contributed by atoms with Crippen LogP contribution in [-0.4, -0.2) is 50.7 Å². The maximum absolute atomic E-state index is 12.6. The Bertz CT molecular complexity index is 524. The highest BCUT2D eigenvalue weighted by atomic mass is 35.5. The first-order chi connectivity index (χ1) is 10.7. The zero-order chi connectivity index (χ0) is 15.5. The summed E-state index contributed by atoms with van der Waals surface area (Å²) in [6.07, 6.45) is 3.80. The maximum Gasteiger partial charge on any atom is 0.239 e. The summed E-state index contributed by atoms with van der Waals surface area (Å²) in [5, 5.41) is 3.30. The summed E-state index contributed by atoms with van der Waals surface area (Å²) in [6.45, 7) is 2.51. The maximum atomic E-state index is 12.6. The summed E-state index contributed by atoms with van der Waals surface area (Å²) in [5.41, 5.74) is 2.51. The molecule has 0 radical (unpaired) electrons. The normalized spacial score (nSPS) is 20.3. The van der Waals surface area contributed by atoms with Gasteiger partial charge in [-0.15, -0.1) is 12.4 Å². The molecule has 1 saturated heterocycles. The number of hydrogen-bond acceptors (Lipinski definition) is 4. The van der Waals surface area contributed by atoms with Crippen LogP contribution in [0.1, 0.15) is 24.0 Å². The van der Waals surface area contributed by atoms with Gasteiger partial charge in [0.1, 0.15) is 0 Å². The molecule has 0 aliphatic carbocycles. The van der Waals surface area contributed by atoms with E-state index < -0.39 is 0 Å². The van der Waals surface area contributed by atoms with Crippen molar-refractivity contribution in [3.05, 3.63) is 23.3 Å². The number of nitrogens with zero attached hydrogens (tertiary/aromatic N) is 1. The van der Waals surface area contributed by atoms with Gasteiger partial charge >= 0.3 is 0 Å². The molecule has 5 nitrogen and oxygen atoms in total. The Morgan fingerprint density at radius 1 is 1.13 bits per heavy atom. The van der Waals surface area contributed by atoms with Crippen LogP contribution >= 0.6 is 12.4 Å². The highest BCUT2D eigenvalue weighted by Gasteiger charge is 2.28. The number of fused-ring (bicyclic) bond motifs is 1. The number of carbonyl (C=O) groups excluding carboxylic acids is 1. The minimum Gasteiger partial charge on any atom is -0.493 e.